The highest BCUT2D eigenvalue weighted by Gasteiger charge is 2.20. The number of hydrogen-bond acceptors (Lipinski definition) is 4. The van der Waals surface area contributed by atoms with Crippen molar-refractivity contribution in [2.45, 2.75) is 37.1 Å². The summed E-state index contributed by atoms with van der Waals surface area (Å²) in [6.07, 6.45) is 4.38. The molecular weight excluding hydrogens is 198 g/mol. The molecule has 4 heteroatoms. The Bertz CT molecular complexity index is 147. The molecule has 3 nitrogen and oxygen atoms in total. The number of aliphatic hydroxyl groups excluding tert-OH is 1. The van der Waals surface area contributed by atoms with Gasteiger partial charge >= 0.3 is 0 Å². The van der Waals surface area contributed by atoms with E-state index in [0.29, 0.717) is 12.1 Å². The van der Waals surface area contributed by atoms with Crippen molar-refractivity contribution in [2.24, 2.45) is 0 Å². The van der Waals surface area contributed by atoms with E-state index < -0.39 is 0 Å². The van der Waals surface area contributed by atoms with E-state index in [1.165, 1.54) is 6.42 Å². The Labute approximate surface area is 90.6 Å². The zero-order valence-corrected chi connectivity index (χ0v) is 9.85. The first kappa shape index (κ1) is 12.3. The van der Waals surface area contributed by atoms with Crippen LogP contribution in [0, 0.1) is 0 Å². The fourth-order valence-corrected chi connectivity index (χ4v) is 2.42. The second-order valence-electron chi connectivity index (χ2n) is 3.83. The van der Waals surface area contributed by atoms with Gasteiger partial charge in [-0.3, -0.25) is 0 Å². The molecule has 0 aliphatic carbocycles. The molecule has 0 aromatic carbocycles. The lowest BCUT2D eigenvalue weighted by molar-refractivity contribution is 0.0662. The minimum absolute atomic E-state index is 0.239. The summed E-state index contributed by atoms with van der Waals surface area (Å²) in [7, 11) is 0. The summed E-state index contributed by atoms with van der Waals surface area (Å²) in [5.41, 5.74) is 0. The quantitative estimate of drug-likeness (QED) is 0.720. The average molecular weight is 219 g/mol. The largest absolute Gasteiger partial charge is 0.395 e. The normalized spacial score (nSPS) is 27.2. The molecule has 14 heavy (non-hydrogen) atoms. The summed E-state index contributed by atoms with van der Waals surface area (Å²) in [6.45, 7) is 4.09. The molecule has 3 unspecified atom stereocenters. The minimum atomic E-state index is 0.239. The van der Waals surface area contributed by atoms with Crippen LogP contribution in [0.2, 0.25) is 0 Å². The highest BCUT2D eigenvalue weighted by molar-refractivity contribution is 7.99. The number of hydrogen-bond donors (Lipinski definition) is 2. The number of ether oxygens (including phenoxy) is 1. The predicted molar refractivity (Wildman–Crippen MR) is 60.8 cm³/mol. The standard InChI is InChI=1S/C10H21NO2S/c1-8(10(6-12)14-2)11-9-4-3-5-13-7-9/h8-12H,3-7H2,1-2H3. The van der Waals surface area contributed by atoms with Gasteiger partial charge in [0, 0.05) is 23.9 Å². The van der Waals surface area contributed by atoms with Crippen molar-refractivity contribution in [3.8, 4) is 0 Å². The van der Waals surface area contributed by atoms with E-state index >= 15 is 0 Å². The van der Waals surface area contributed by atoms with Gasteiger partial charge in [-0.05, 0) is 26.0 Å². The minimum Gasteiger partial charge on any atom is -0.395 e. The Balaban J connectivity index is 2.26. The van der Waals surface area contributed by atoms with Crippen molar-refractivity contribution in [2.75, 3.05) is 26.1 Å². The molecule has 84 valence electrons. The highest BCUT2D eigenvalue weighted by Crippen LogP contribution is 2.13. The maximum absolute atomic E-state index is 9.13. The lowest BCUT2D eigenvalue weighted by Crippen LogP contribution is -2.47. The number of thioether (sulfide) groups is 1. The average Bonchev–Trinajstić information content (AvgIpc) is 2.21. The van der Waals surface area contributed by atoms with Crippen LogP contribution < -0.4 is 5.32 Å². The molecule has 1 fully saturated rings. The Kier molecular flexibility index (Phi) is 5.86. The van der Waals surface area contributed by atoms with E-state index in [-0.39, 0.29) is 11.9 Å². The zero-order chi connectivity index (χ0) is 10.4. The smallest absolute Gasteiger partial charge is 0.0619 e. The van der Waals surface area contributed by atoms with E-state index in [9.17, 15) is 0 Å². The van der Waals surface area contributed by atoms with Crippen molar-refractivity contribution in [1.29, 1.82) is 0 Å². The van der Waals surface area contributed by atoms with Gasteiger partial charge in [-0.2, -0.15) is 11.8 Å². The van der Waals surface area contributed by atoms with Crippen LogP contribution in [-0.2, 0) is 4.74 Å². The predicted octanol–water partition coefficient (Wildman–Crippen LogP) is 0.867. The first-order valence-corrected chi connectivity index (χ1v) is 6.54. The van der Waals surface area contributed by atoms with Gasteiger partial charge in [0.2, 0.25) is 0 Å². The van der Waals surface area contributed by atoms with Crippen LogP contribution in [0.1, 0.15) is 19.8 Å². The lowest BCUT2D eigenvalue weighted by atomic mass is 10.1. The van der Waals surface area contributed by atoms with Crippen molar-refractivity contribution < 1.29 is 9.84 Å². The van der Waals surface area contributed by atoms with Gasteiger partial charge in [-0.15, -0.1) is 0 Å². The van der Waals surface area contributed by atoms with Gasteiger partial charge < -0.3 is 15.2 Å². The van der Waals surface area contributed by atoms with Gasteiger partial charge in [0.1, 0.15) is 0 Å². The van der Waals surface area contributed by atoms with Gasteiger partial charge in [-0.1, -0.05) is 0 Å². The van der Waals surface area contributed by atoms with E-state index in [4.69, 9.17) is 9.84 Å². The molecule has 0 bridgehead atoms. The summed E-state index contributed by atoms with van der Waals surface area (Å²) in [5.74, 6) is 0. The summed E-state index contributed by atoms with van der Waals surface area (Å²) >= 11 is 1.71. The van der Waals surface area contributed by atoms with Crippen molar-refractivity contribution >= 4 is 11.8 Å². The topological polar surface area (TPSA) is 41.5 Å². The van der Waals surface area contributed by atoms with Crippen LogP contribution in [0.25, 0.3) is 0 Å². The molecule has 0 radical (unpaired) electrons. The van der Waals surface area contributed by atoms with Crippen LogP contribution in [0.15, 0.2) is 0 Å². The summed E-state index contributed by atoms with van der Waals surface area (Å²) in [5, 5.41) is 12.9. The molecule has 0 saturated carbocycles. The van der Waals surface area contributed by atoms with E-state index in [1.54, 1.807) is 11.8 Å². The second kappa shape index (κ2) is 6.67. The SMILES string of the molecule is CSC(CO)C(C)NC1CCCOC1. The Morgan fingerprint density at radius 1 is 1.64 bits per heavy atom. The summed E-state index contributed by atoms with van der Waals surface area (Å²) < 4.78 is 5.40. The number of aliphatic hydroxyl groups is 1. The third-order valence-electron chi connectivity index (χ3n) is 2.70. The monoisotopic (exact) mass is 219 g/mol. The first-order valence-electron chi connectivity index (χ1n) is 5.25. The fourth-order valence-electron chi connectivity index (χ4n) is 1.79. The molecule has 1 saturated heterocycles. The molecule has 0 amide bonds. The zero-order valence-electron chi connectivity index (χ0n) is 9.03. The third-order valence-corrected chi connectivity index (χ3v) is 3.86. The van der Waals surface area contributed by atoms with E-state index in [1.807, 2.05) is 6.26 Å². The van der Waals surface area contributed by atoms with Crippen molar-refractivity contribution in [1.82, 2.24) is 5.32 Å². The molecule has 2 N–H and O–H groups in total. The summed E-state index contributed by atoms with van der Waals surface area (Å²) in [6, 6.07) is 0.821. The maximum Gasteiger partial charge on any atom is 0.0619 e. The van der Waals surface area contributed by atoms with Crippen molar-refractivity contribution in [3.63, 3.8) is 0 Å². The molecule has 0 aromatic rings. The van der Waals surface area contributed by atoms with Gasteiger partial charge in [0.05, 0.1) is 13.2 Å². The van der Waals surface area contributed by atoms with Gasteiger partial charge in [0.15, 0.2) is 0 Å². The van der Waals surface area contributed by atoms with E-state index in [0.717, 1.165) is 19.6 Å². The van der Waals surface area contributed by atoms with Crippen LogP contribution in [0.4, 0.5) is 0 Å². The Morgan fingerprint density at radius 2 is 2.43 bits per heavy atom. The van der Waals surface area contributed by atoms with Gasteiger partial charge in [0.25, 0.3) is 0 Å². The molecule has 1 rings (SSSR count). The molecule has 1 aliphatic heterocycles. The fraction of sp³-hybridized carbons (Fsp3) is 1.00. The second-order valence-corrected chi connectivity index (χ2v) is 4.90. The van der Waals surface area contributed by atoms with Crippen LogP contribution >= 0.6 is 11.8 Å². The molecule has 3 atom stereocenters. The first-order chi connectivity index (χ1) is 6.77. The number of nitrogens with one attached hydrogen (secondary N) is 1. The molecule has 1 aliphatic rings. The maximum atomic E-state index is 9.13. The summed E-state index contributed by atoms with van der Waals surface area (Å²) in [4.78, 5) is 0. The highest BCUT2D eigenvalue weighted by atomic mass is 32.2. The van der Waals surface area contributed by atoms with E-state index in [2.05, 4.69) is 12.2 Å². The molecule has 0 aromatic heterocycles. The van der Waals surface area contributed by atoms with Crippen LogP contribution in [0.5, 0.6) is 0 Å². The van der Waals surface area contributed by atoms with Gasteiger partial charge in [-0.25, -0.2) is 0 Å². The number of rotatable bonds is 5. The molecule has 1 heterocycles. The lowest BCUT2D eigenvalue weighted by Gasteiger charge is -2.29. The Hall–Kier alpha value is 0.230. The third kappa shape index (κ3) is 3.77. The molecular formula is C10H21NO2S. The molecule has 0 spiro atoms. The Morgan fingerprint density at radius 3 is 2.93 bits per heavy atom. The van der Waals surface area contributed by atoms with Crippen LogP contribution in [-0.4, -0.2) is 48.5 Å². The van der Waals surface area contributed by atoms with Crippen LogP contribution in [0.3, 0.4) is 0 Å². The van der Waals surface area contributed by atoms with Crippen molar-refractivity contribution in [3.05, 3.63) is 0 Å².